The molecule has 1 N–H and O–H groups in total. The van der Waals surface area contributed by atoms with Crippen LogP contribution in [0, 0.1) is 0 Å². The highest BCUT2D eigenvalue weighted by atomic mass is 16.5. The Balaban J connectivity index is 2.78. The summed E-state index contributed by atoms with van der Waals surface area (Å²) in [7, 11) is 1.78. The van der Waals surface area contributed by atoms with Gasteiger partial charge >= 0.3 is 0 Å². The van der Waals surface area contributed by atoms with Crippen molar-refractivity contribution in [3.05, 3.63) is 6.20 Å². The summed E-state index contributed by atoms with van der Waals surface area (Å²) in [4.78, 5) is 10.3. The third-order valence-corrected chi connectivity index (χ3v) is 1.90. The van der Waals surface area contributed by atoms with Gasteiger partial charge in [0.2, 0.25) is 6.41 Å². The highest BCUT2D eigenvalue weighted by Crippen LogP contribution is 2.22. The second kappa shape index (κ2) is 4.64. The van der Waals surface area contributed by atoms with E-state index < -0.39 is 0 Å². The van der Waals surface area contributed by atoms with E-state index >= 15 is 0 Å². The third kappa shape index (κ3) is 2.48. The number of ether oxygens (including phenoxy) is 1. The molecule has 1 amide bonds. The lowest BCUT2D eigenvalue weighted by Gasteiger charge is -2.10. The van der Waals surface area contributed by atoms with E-state index in [1.807, 2.05) is 13.8 Å². The summed E-state index contributed by atoms with van der Waals surface area (Å²) in [6.07, 6.45) is 3.31. The molecule has 1 heterocycles. The van der Waals surface area contributed by atoms with Crippen molar-refractivity contribution in [3.8, 4) is 5.88 Å². The number of amides is 1. The number of carbonyl (C=O) groups is 1. The Kier molecular flexibility index (Phi) is 3.50. The van der Waals surface area contributed by atoms with E-state index in [0.717, 1.165) is 6.42 Å². The highest BCUT2D eigenvalue weighted by molar-refractivity contribution is 5.73. The van der Waals surface area contributed by atoms with Gasteiger partial charge in [-0.05, 0) is 13.3 Å². The Morgan fingerprint density at radius 2 is 2.50 bits per heavy atom. The van der Waals surface area contributed by atoms with Crippen LogP contribution in [0.15, 0.2) is 6.20 Å². The summed E-state index contributed by atoms with van der Waals surface area (Å²) < 4.78 is 7.12. The molecule has 0 saturated carbocycles. The van der Waals surface area contributed by atoms with Crippen LogP contribution in [0.4, 0.5) is 5.69 Å². The summed E-state index contributed by atoms with van der Waals surface area (Å²) in [6, 6.07) is 0. The highest BCUT2D eigenvalue weighted by Gasteiger charge is 2.10. The molecule has 0 radical (unpaired) electrons. The molecule has 1 unspecified atom stereocenters. The summed E-state index contributed by atoms with van der Waals surface area (Å²) in [5.74, 6) is 0.467. The molecule has 5 nitrogen and oxygen atoms in total. The maximum Gasteiger partial charge on any atom is 0.257 e. The van der Waals surface area contributed by atoms with Gasteiger partial charge in [-0.2, -0.15) is 0 Å². The smallest absolute Gasteiger partial charge is 0.257 e. The molecule has 0 aliphatic heterocycles. The number of anilines is 1. The Hall–Kier alpha value is -1.52. The maximum absolute atomic E-state index is 10.3. The van der Waals surface area contributed by atoms with E-state index in [-0.39, 0.29) is 6.10 Å². The van der Waals surface area contributed by atoms with Gasteiger partial charge < -0.3 is 10.1 Å². The maximum atomic E-state index is 10.3. The van der Waals surface area contributed by atoms with Gasteiger partial charge in [0.25, 0.3) is 5.88 Å². The Morgan fingerprint density at radius 3 is 3.07 bits per heavy atom. The Morgan fingerprint density at radius 1 is 1.79 bits per heavy atom. The van der Waals surface area contributed by atoms with Crippen LogP contribution in [-0.4, -0.2) is 22.3 Å². The summed E-state index contributed by atoms with van der Waals surface area (Å²) in [5, 5.41) is 6.63. The zero-order valence-electron chi connectivity index (χ0n) is 8.65. The number of hydrogen-bond donors (Lipinski definition) is 1. The molecule has 1 aromatic heterocycles. The molecule has 1 rings (SSSR count). The molecule has 1 aromatic rings. The van der Waals surface area contributed by atoms with Gasteiger partial charge in [-0.1, -0.05) is 6.92 Å². The van der Waals surface area contributed by atoms with Gasteiger partial charge in [0.15, 0.2) is 0 Å². The SMILES string of the molecule is CCC(C)Oc1nn(C)cc1NC=O. The van der Waals surface area contributed by atoms with Crippen LogP contribution >= 0.6 is 0 Å². The third-order valence-electron chi connectivity index (χ3n) is 1.90. The Labute approximate surface area is 83.1 Å². The summed E-state index contributed by atoms with van der Waals surface area (Å²) in [5.41, 5.74) is 0.600. The molecule has 0 aromatic carbocycles. The van der Waals surface area contributed by atoms with Gasteiger partial charge in [0, 0.05) is 7.05 Å². The molecule has 0 saturated heterocycles. The van der Waals surface area contributed by atoms with Crippen molar-refractivity contribution in [2.45, 2.75) is 26.4 Å². The van der Waals surface area contributed by atoms with E-state index in [0.29, 0.717) is 18.0 Å². The first-order valence-electron chi connectivity index (χ1n) is 4.57. The van der Waals surface area contributed by atoms with E-state index in [2.05, 4.69) is 10.4 Å². The minimum Gasteiger partial charge on any atom is -0.472 e. The molecule has 0 aliphatic carbocycles. The largest absolute Gasteiger partial charge is 0.472 e. The normalized spacial score (nSPS) is 12.2. The standard InChI is InChI=1S/C9H15N3O2/c1-4-7(2)14-9-8(10-6-13)5-12(3)11-9/h5-7H,4H2,1-3H3,(H,10,13). The first kappa shape index (κ1) is 10.6. The van der Waals surface area contributed by atoms with E-state index in [4.69, 9.17) is 4.74 Å². The van der Waals surface area contributed by atoms with Crippen LogP contribution in [0.1, 0.15) is 20.3 Å². The fourth-order valence-corrected chi connectivity index (χ4v) is 0.991. The zero-order chi connectivity index (χ0) is 10.6. The second-order valence-electron chi connectivity index (χ2n) is 3.12. The van der Waals surface area contributed by atoms with Gasteiger partial charge in [-0.25, -0.2) is 0 Å². The first-order chi connectivity index (χ1) is 6.67. The number of nitrogens with zero attached hydrogens (tertiary/aromatic N) is 2. The number of aryl methyl sites for hydroxylation is 1. The van der Waals surface area contributed by atoms with Crippen molar-refractivity contribution in [2.24, 2.45) is 7.05 Å². The Bertz CT molecular complexity index is 309. The zero-order valence-corrected chi connectivity index (χ0v) is 8.65. The van der Waals surface area contributed by atoms with Crippen LogP contribution in [0.25, 0.3) is 0 Å². The van der Waals surface area contributed by atoms with Crippen molar-refractivity contribution >= 4 is 12.1 Å². The average molecular weight is 197 g/mol. The number of nitrogens with one attached hydrogen (secondary N) is 1. The molecule has 1 atom stereocenters. The topological polar surface area (TPSA) is 56.1 Å². The van der Waals surface area contributed by atoms with E-state index in [1.165, 1.54) is 0 Å². The van der Waals surface area contributed by atoms with Crippen LogP contribution in [0.5, 0.6) is 5.88 Å². The molecule has 0 fully saturated rings. The first-order valence-corrected chi connectivity index (χ1v) is 4.57. The van der Waals surface area contributed by atoms with Crippen LogP contribution in [0.2, 0.25) is 0 Å². The van der Waals surface area contributed by atoms with Crippen molar-refractivity contribution in [1.29, 1.82) is 0 Å². The molecular formula is C9H15N3O2. The fraction of sp³-hybridized carbons (Fsp3) is 0.556. The fourth-order valence-electron chi connectivity index (χ4n) is 0.991. The molecule has 78 valence electrons. The van der Waals surface area contributed by atoms with E-state index in [1.54, 1.807) is 17.9 Å². The lowest BCUT2D eigenvalue weighted by atomic mass is 10.3. The van der Waals surface area contributed by atoms with Gasteiger partial charge in [-0.3, -0.25) is 9.48 Å². The van der Waals surface area contributed by atoms with Gasteiger partial charge in [0.1, 0.15) is 5.69 Å². The van der Waals surface area contributed by atoms with Crippen molar-refractivity contribution < 1.29 is 9.53 Å². The van der Waals surface area contributed by atoms with Crippen molar-refractivity contribution in [2.75, 3.05) is 5.32 Å². The molecule has 14 heavy (non-hydrogen) atoms. The molecule has 0 aliphatic rings. The lowest BCUT2D eigenvalue weighted by Crippen LogP contribution is -2.11. The van der Waals surface area contributed by atoms with Crippen molar-refractivity contribution in [1.82, 2.24) is 9.78 Å². The van der Waals surface area contributed by atoms with Crippen LogP contribution < -0.4 is 10.1 Å². The molecule has 0 bridgehead atoms. The number of aromatic nitrogens is 2. The molecular weight excluding hydrogens is 182 g/mol. The average Bonchev–Trinajstić information content (AvgIpc) is 2.47. The molecule has 5 heteroatoms. The predicted molar refractivity (Wildman–Crippen MR) is 53.3 cm³/mol. The van der Waals surface area contributed by atoms with Crippen LogP contribution in [-0.2, 0) is 11.8 Å². The minimum atomic E-state index is 0.0945. The monoisotopic (exact) mass is 197 g/mol. The molecule has 0 spiro atoms. The van der Waals surface area contributed by atoms with E-state index in [9.17, 15) is 4.79 Å². The quantitative estimate of drug-likeness (QED) is 0.721. The number of hydrogen-bond acceptors (Lipinski definition) is 3. The second-order valence-corrected chi connectivity index (χ2v) is 3.12. The van der Waals surface area contributed by atoms with Crippen LogP contribution in [0.3, 0.4) is 0 Å². The summed E-state index contributed by atoms with van der Waals surface area (Å²) >= 11 is 0. The van der Waals surface area contributed by atoms with Gasteiger partial charge in [0.05, 0.1) is 12.3 Å². The van der Waals surface area contributed by atoms with Gasteiger partial charge in [-0.15, -0.1) is 5.10 Å². The van der Waals surface area contributed by atoms with Crippen molar-refractivity contribution in [3.63, 3.8) is 0 Å². The summed E-state index contributed by atoms with van der Waals surface area (Å²) in [6.45, 7) is 3.99. The number of rotatable bonds is 5. The number of carbonyl (C=O) groups excluding carboxylic acids is 1. The minimum absolute atomic E-state index is 0.0945. The lowest BCUT2D eigenvalue weighted by molar-refractivity contribution is -0.105. The predicted octanol–water partition coefficient (Wildman–Crippen LogP) is 1.17.